The molecule has 0 atom stereocenters. The second kappa shape index (κ2) is 9.51. The van der Waals surface area contributed by atoms with Gasteiger partial charge in [0, 0.05) is 0 Å². The zero-order chi connectivity index (χ0) is 20.6. The van der Waals surface area contributed by atoms with Crippen LogP contribution in [0.15, 0.2) is 84.9 Å². The molecule has 0 saturated heterocycles. The van der Waals surface area contributed by atoms with Crippen molar-refractivity contribution in [3.05, 3.63) is 96.1 Å². The molecule has 0 aliphatic heterocycles. The fraction of sp³-hybridized carbons (Fsp3) is 0.120. The standard InChI is InChI=1S/C13H12O2.C12H10O2/c1-2-15-13(14)12-9-5-7-10-6-3-4-8-11(10)12;1-14-12(13)11-8-4-6-9-5-2-3-7-10(9)11/h3-9H,2H2,1H3;2-8H,1H3. The maximum absolute atomic E-state index is 11.6. The third kappa shape index (κ3) is 4.61. The molecule has 0 bridgehead atoms. The van der Waals surface area contributed by atoms with Crippen LogP contribution in [0, 0.1) is 0 Å². The predicted octanol–water partition coefficient (Wildman–Crippen LogP) is 5.64. The Balaban J connectivity index is 0.000000166. The molecule has 4 rings (SSSR count). The number of ether oxygens (including phenoxy) is 2. The number of hydrogen-bond acceptors (Lipinski definition) is 4. The van der Waals surface area contributed by atoms with Crippen LogP contribution in [0.25, 0.3) is 21.5 Å². The van der Waals surface area contributed by atoms with Crippen molar-refractivity contribution in [2.45, 2.75) is 6.92 Å². The molecule has 0 saturated carbocycles. The predicted molar refractivity (Wildman–Crippen MR) is 115 cm³/mol. The Morgan fingerprint density at radius 3 is 1.59 bits per heavy atom. The van der Waals surface area contributed by atoms with E-state index in [1.165, 1.54) is 7.11 Å². The molecule has 0 N–H and O–H groups in total. The van der Waals surface area contributed by atoms with E-state index in [-0.39, 0.29) is 11.9 Å². The molecule has 0 amide bonds. The van der Waals surface area contributed by atoms with Crippen LogP contribution in [0.5, 0.6) is 0 Å². The normalized spacial score (nSPS) is 10.1. The van der Waals surface area contributed by atoms with E-state index in [1.807, 2.05) is 79.7 Å². The number of rotatable bonds is 3. The van der Waals surface area contributed by atoms with Crippen LogP contribution in [0.3, 0.4) is 0 Å². The van der Waals surface area contributed by atoms with Crippen molar-refractivity contribution >= 4 is 33.5 Å². The van der Waals surface area contributed by atoms with Crippen molar-refractivity contribution in [2.75, 3.05) is 13.7 Å². The molecule has 0 heterocycles. The summed E-state index contributed by atoms with van der Waals surface area (Å²) in [4.78, 5) is 23.0. The highest BCUT2D eigenvalue weighted by Gasteiger charge is 2.09. The molecule has 0 aliphatic carbocycles. The van der Waals surface area contributed by atoms with Gasteiger partial charge < -0.3 is 9.47 Å². The zero-order valence-electron chi connectivity index (χ0n) is 16.4. The van der Waals surface area contributed by atoms with Gasteiger partial charge in [-0.2, -0.15) is 0 Å². The average Bonchev–Trinajstić information content (AvgIpc) is 2.78. The van der Waals surface area contributed by atoms with E-state index in [0.717, 1.165) is 21.5 Å². The van der Waals surface area contributed by atoms with Crippen LogP contribution in [-0.4, -0.2) is 25.7 Å². The second-order valence-corrected chi connectivity index (χ2v) is 6.27. The smallest absolute Gasteiger partial charge is 0.338 e. The number of benzene rings is 4. The molecular weight excluding hydrogens is 364 g/mol. The van der Waals surface area contributed by atoms with Gasteiger partial charge in [-0.05, 0) is 40.6 Å². The van der Waals surface area contributed by atoms with Crippen LogP contribution in [-0.2, 0) is 9.47 Å². The first-order valence-corrected chi connectivity index (χ1v) is 9.36. The number of esters is 2. The second-order valence-electron chi connectivity index (χ2n) is 6.27. The Morgan fingerprint density at radius 1 is 0.655 bits per heavy atom. The van der Waals surface area contributed by atoms with E-state index in [1.54, 1.807) is 12.1 Å². The minimum Gasteiger partial charge on any atom is -0.465 e. The van der Waals surface area contributed by atoms with Gasteiger partial charge in [-0.3, -0.25) is 0 Å². The molecule has 0 aliphatic rings. The Morgan fingerprint density at radius 2 is 1.10 bits per heavy atom. The van der Waals surface area contributed by atoms with Gasteiger partial charge in [0.1, 0.15) is 0 Å². The van der Waals surface area contributed by atoms with Gasteiger partial charge in [-0.1, -0.05) is 72.8 Å². The van der Waals surface area contributed by atoms with Crippen LogP contribution in [0.2, 0.25) is 0 Å². The van der Waals surface area contributed by atoms with Crippen molar-refractivity contribution in [3.63, 3.8) is 0 Å². The third-order valence-corrected chi connectivity index (χ3v) is 4.48. The molecule has 29 heavy (non-hydrogen) atoms. The van der Waals surface area contributed by atoms with Crippen molar-refractivity contribution in [1.82, 2.24) is 0 Å². The van der Waals surface area contributed by atoms with E-state index < -0.39 is 0 Å². The van der Waals surface area contributed by atoms with Crippen LogP contribution >= 0.6 is 0 Å². The SMILES string of the molecule is CCOC(=O)c1cccc2ccccc12.COC(=O)c1cccc2ccccc12. The molecule has 4 heteroatoms. The fourth-order valence-corrected chi connectivity index (χ4v) is 3.13. The first-order chi connectivity index (χ1) is 14.2. The lowest BCUT2D eigenvalue weighted by Crippen LogP contribution is -2.04. The molecule has 146 valence electrons. The van der Waals surface area contributed by atoms with Gasteiger partial charge in [-0.15, -0.1) is 0 Å². The summed E-state index contributed by atoms with van der Waals surface area (Å²) in [5, 5.41) is 3.98. The maximum atomic E-state index is 11.6. The zero-order valence-corrected chi connectivity index (χ0v) is 16.4. The van der Waals surface area contributed by atoms with Crippen LogP contribution in [0.1, 0.15) is 27.6 Å². The third-order valence-electron chi connectivity index (χ3n) is 4.48. The van der Waals surface area contributed by atoms with Gasteiger partial charge in [0.25, 0.3) is 0 Å². The van der Waals surface area contributed by atoms with Crippen LogP contribution < -0.4 is 0 Å². The largest absolute Gasteiger partial charge is 0.465 e. The molecule has 0 radical (unpaired) electrons. The summed E-state index contributed by atoms with van der Waals surface area (Å²) >= 11 is 0. The monoisotopic (exact) mass is 386 g/mol. The molecule has 0 spiro atoms. The molecule has 0 aromatic heterocycles. The first kappa shape index (κ1) is 20.1. The summed E-state index contributed by atoms with van der Waals surface area (Å²) in [6.45, 7) is 2.21. The summed E-state index contributed by atoms with van der Waals surface area (Å²) < 4.78 is 9.70. The number of carbonyl (C=O) groups is 2. The first-order valence-electron chi connectivity index (χ1n) is 9.36. The molecule has 0 unspecified atom stereocenters. The molecular formula is C25H22O4. The molecule has 4 aromatic rings. The molecule has 0 fully saturated rings. The Hall–Kier alpha value is -3.66. The number of carbonyl (C=O) groups excluding carboxylic acids is 2. The average molecular weight is 386 g/mol. The quantitative estimate of drug-likeness (QED) is 0.427. The molecule has 4 nitrogen and oxygen atoms in total. The highest BCUT2D eigenvalue weighted by Crippen LogP contribution is 2.20. The summed E-state index contributed by atoms with van der Waals surface area (Å²) in [6, 6.07) is 26.8. The van der Waals surface area contributed by atoms with E-state index in [9.17, 15) is 9.59 Å². The summed E-state index contributed by atoms with van der Waals surface area (Å²) in [5.74, 6) is -0.545. The van der Waals surface area contributed by atoms with Gasteiger partial charge in [0.15, 0.2) is 0 Å². The van der Waals surface area contributed by atoms with Gasteiger partial charge in [0.05, 0.1) is 24.8 Å². The van der Waals surface area contributed by atoms with Crippen molar-refractivity contribution in [3.8, 4) is 0 Å². The lowest BCUT2D eigenvalue weighted by molar-refractivity contribution is 0.0527. The van der Waals surface area contributed by atoms with Crippen molar-refractivity contribution in [2.24, 2.45) is 0 Å². The lowest BCUT2D eigenvalue weighted by Gasteiger charge is -2.05. The number of methoxy groups -OCH3 is 1. The van der Waals surface area contributed by atoms with E-state index in [4.69, 9.17) is 9.47 Å². The van der Waals surface area contributed by atoms with Crippen molar-refractivity contribution < 1.29 is 19.1 Å². The number of fused-ring (bicyclic) bond motifs is 2. The minimum atomic E-state index is -0.290. The Kier molecular flexibility index (Phi) is 6.59. The van der Waals surface area contributed by atoms with Gasteiger partial charge >= 0.3 is 11.9 Å². The summed E-state index contributed by atoms with van der Waals surface area (Å²) in [6.07, 6.45) is 0. The van der Waals surface area contributed by atoms with Gasteiger partial charge in [-0.25, -0.2) is 9.59 Å². The maximum Gasteiger partial charge on any atom is 0.338 e. The Labute approximate surface area is 169 Å². The Bertz CT molecular complexity index is 1140. The molecule has 4 aromatic carbocycles. The lowest BCUT2D eigenvalue weighted by atomic mass is 10.1. The fourth-order valence-electron chi connectivity index (χ4n) is 3.13. The van der Waals surface area contributed by atoms with E-state index in [2.05, 4.69) is 0 Å². The summed E-state index contributed by atoms with van der Waals surface area (Å²) in [7, 11) is 1.39. The van der Waals surface area contributed by atoms with E-state index in [0.29, 0.717) is 17.7 Å². The van der Waals surface area contributed by atoms with Crippen molar-refractivity contribution in [1.29, 1.82) is 0 Å². The number of hydrogen-bond donors (Lipinski definition) is 0. The minimum absolute atomic E-state index is 0.255. The highest BCUT2D eigenvalue weighted by molar-refractivity contribution is 6.05. The topological polar surface area (TPSA) is 52.6 Å². The van der Waals surface area contributed by atoms with Crippen LogP contribution in [0.4, 0.5) is 0 Å². The highest BCUT2D eigenvalue weighted by atomic mass is 16.5. The summed E-state index contributed by atoms with van der Waals surface area (Å²) in [5.41, 5.74) is 1.25. The van der Waals surface area contributed by atoms with E-state index >= 15 is 0 Å². The van der Waals surface area contributed by atoms with Gasteiger partial charge in [0.2, 0.25) is 0 Å².